The quantitative estimate of drug-likeness (QED) is 0.723. The molecule has 2 heteroatoms. The van der Waals surface area contributed by atoms with Crippen LogP contribution in [0, 0.1) is 11.8 Å². The number of H-pyrrole nitrogens is 1. The lowest BCUT2D eigenvalue weighted by atomic mass is 9.64. The summed E-state index contributed by atoms with van der Waals surface area (Å²) in [6.45, 7) is 4.87. The van der Waals surface area contributed by atoms with Crippen LogP contribution < -0.4 is 0 Å². The number of fused-ring (bicyclic) bond motifs is 2. The third-order valence-corrected chi connectivity index (χ3v) is 6.44. The summed E-state index contributed by atoms with van der Waals surface area (Å²) in [5.41, 5.74) is 4.24. The maximum Gasteiger partial charge on any atom is 0.0457 e. The molecule has 24 heavy (non-hydrogen) atoms. The molecule has 0 radical (unpaired) electrons. The van der Waals surface area contributed by atoms with Crippen LogP contribution in [0.15, 0.2) is 60.8 Å². The molecule has 1 aromatic heterocycles. The second-order valence-electron chi connectivity index (χ2n) is 7.60. The molecular formula is C22H24N2. The zero-order valence-corrected chi connectivity index (χ0v) is 14.2. The van der Waals surface area contributed by atoms with E-state index in [1.54, 1.807) is 5.56 Å². The van der Waals surface area contributed by atoms with Crippen molar-refractivity contribution >= 4 is 10.9 Å². The van der Waals surface area contributed by atoms with E-state index in [1.165, 1.54) is 36.0 Å². The van der Waals surface area contributed by atoms with Gasteiger partial charge in [0.2, 0.25) is 0 Å². The van der Waals surface area contributed by atoms with Crippen molar-refractivity contribution in [2.24, 2.45) is 11.8 Å². The molecule has 4 unspecified atom stereocenters. The number of likely N-dealkylation sites (tertiary alicyclic amines) is 1. The van der Waals surface area contributed by atoms with Crippen LogP contribution in [0.4, 0.5) is 0 Å². The molecule has 3 aromatic rings. The van der Waals surface area contributed by atoms with E-state index in [9.17, 15) is 0 Å². The highest BCUT2D eigenvalue weighted by molar-refractivity contribution is 5.83. The SMILES string of the molecule is CC(c1c[nH]c2ccccc12)N1CC2CC(c3ccccc3)C2C1. The summed E-state index contributed by atoms with van der Waals surface area (Å²) in [6.07, 6.45) is 3.58. The summed E-state index contributed by atoms with van der Waals surface area (Å²) in [6, 6.07) is 20.3. The first-order chi connectivity index (χ1) is 11.8. The average Bonchev–Trinajstić information content (AvgIpc) is 3.18. The molecule has 1 aliphatic heterocycles. The van der Waals surface area contributed by atoms with Crippen molar-refractivity contribution in [1.82, 2.24) is 9.88 Å². The van der Waals surface area contributed by atoms with E-state index >= 15 is 0 Å². The van der Waals surface area contributed by atoms with Gasteiger partial charge in [0, 0.05) is 36.2 Å². The minimum Gasteiger partial charge on any atom is -0.361 e. The second kappa shape index (κ2) is 5.49. The molecule has 1 aliphatic carbocycles. The number of para-hydroxylation sites is 1. The molecule has 0 amide bonds. The summed E-state index contributed by atoms with van der Waals surface area (Å²) in [5, 5.41) is 1.38. The summed E-state index contributed by atoms with van der Waals surface area (Å²) in [4.78, 5) is 6.14. The number of aromatic nitrogens is 1. The summed E-state index contributed by atoms with van der Waals surface area (Å²) < 4.78 is 0. The van der Waals surface area contributed by atoms with E-state index in [0.29, 0.717) is 6.04 Å². The number of benzene rings is 2. The number of nitrogens with one attached hydrogen (secondary N) is 1. The highest BCUT2D eigenvalue weighted by Gasteiger charge is 2.48. The van der Waals surface area contributed by atoms with E-state index in [1.807, 2.05) is 0 Å². The van der Waals surface area contributed by atoms with E-state index in [0.717, 1.165) is 17.8 Å². The van der Waals surface area contributed by atoms with E-state index in [4.69, 9.17) is 0 Å². The van der Waals surface area contributed by atoms with Gasteiger partial charge < -0.3 is 4.98 Å². The molecule has 2 aliphatic rings. The Bertz CT molecular complexity index is 851. The minimum atomic E-state index is 0.489. The van der Waals surface area contributed by atoms with Crippen LogP contribution in [0.3, 0.4) is 0 Å². The summed E-state index contributed by atoms with van der Waals surface area (Å²) >= 11 is 0. The smallest absolute Gasteiger partial charge is 0.0457 e. The molecule has 2 heterocycles. The highest BCUT2D eigenvalue weighted by Crippen LogP contribution is 2.52. The standard InChI is InChI=1S/C22H24N2/c1-15(20-12-23-22-10-6-5-9-18(20)22)24-13-17-11-19(21(17)14-24)16-7-3-2-4-8-16/h2-10,12,15,17,19,21,23H,11,13-14H2,1H3. The van der Waals surface area contributed by atoms with Crippen molar-refractivity contribution in [3.05, 3.63) is 71.9 Å². The molecule has 5 rings (SSSR count). The normalized spacial score (nSPS) is 27.8. The predicted molar refractivity (Wildman–Crippen MR) is 99.1 cm³/mol. The Hall–Kier alpha value is -2.06. The maximum absolute atomic E-state index is 3.44. The van der Waals surface area contributed by atoms with Crippen molar-refractivity contribution in [2.75, 3.05) is 13.1 Å². The van der Waals surface area contributed by atoms with Gasteiger partial charge in [-0.15, -0.1) is 0 Å². The molecule has 1 saturated heterocycles. The lowest BCUT2D eigenvalue weighted by Gasteiger charge is -2.40. The zero-order valence-electron chi connectivity index (χ0n) is 14.2. The van der Waals surface area contributed by atoms with Crippen LogP contribution in [-0.4, -0.2) is 23.0 Å². The Labute approximate surface area is 143 Å². The first kappa shape index (κ1) is 14.3. The highest BCUT2D eigenvalue weighted by atomic mass is 15.2. The fourth-order valence-electron chi connectivity index (χ4n) is 4.98. The van der Waals surface area contributed by atoms with Crippen LogP contribution in [0.2, 0.25) is 0 Å². The van der Waals surface area contributed by atoms with Gasteiger partial charge in [-0.25, -0.2) is 0 Å². The Balaban J connectivity index is 1.36. The predicted octanol–water partition coefficient (Wildman–Crippen LogP) is 4.96. The topological polar surface area (TPSA) is 19.0 Å². The van der Waals surface area contributed by atoms with Crippen LogP contribution in [0.25, 0.3) is 10.9 Å². The summed E-state index contributed by atoms with van der Waals surface area (Å²) in [7, 11) is 0. The van der Waals surface area contributed by atoms with Gasteiger partial charge in [0.05, 0.1) is 0 Å². The molecule has 122 valence electrons. The van der Waals surface area contributed by atoms with Gasteiger partial charge in [-0.2, -0.15) is 0 Å². The first-order valence-corrected chi connectivity index (χ1v) is 9.16. The molecule has 2 fully saturated rings. The number of rotatable bonds is 3. The summed E-state index contributed by atoms with van der Waals surface area (Å²) in [5.74, 6) is 2.51. The maximum atomic E-state index is 3.44. The van der Waals surface area contributed by atoms with Gasteiger partial charge >= 0.3 is 0 Å². The van der Waals surface area contributed by atoms with Crippen LogP contribution in [-0.2, 0) is 0 Å². The molecule has 2 nitrogen and oxygen atoms in total. The van der Waals surface area contributed by atoms with Crippen LogP contribution in [0.5, 0.6) is 0 Å². The average molecular weight is 316 g/mol. The van der Waals surface area contributed by atoms with Gasteiger partial charge in [0.25, 0.3) is 0 Å². The molecule has 0 bridgehead atoms. The molecule has 0 spiro atoms. The molecule has 1 saturated carbocycles. The Kier molecular flexibility index (Phi) is 3.27. The van der Waals surface area contributed by atoms with Gasteiger partial charge in [0.15, 0.2) is 0 Å². The second-order valence-corrected chi connectivity index (χ2v) is 7.60. The van der Waals surface area contributed by atoms with Crippen molar-refractivity contribution in [2.45, 2.75) is 25.3 Å². The molecule has 2 aromatic carbocycles. The third kappa shape index (κ3) is 2.13. The van der Waals surface area contributed by atoms with Gasteiger partial charge in [0.1, 0.15) is 0 Å². The van der Waals surface area contributed by atoms with Crippen molar-refractivity contribution < 1.29 is 0 Å². The van der Waals surface area contributed by atoms with Gasteiger partial charge in [-0.1, -0.05) is 48.5 Å². The molecular weight excluding hydrogens is 292 g/mol. The van der Waals surface area contributed by atoms with Gasteiger partial charge in [-0.05, 0) is 48.3 Å². The Morgan fingerprint density at radius 1 is 1.00 bits per heavy atom. The molecule has 1 N–H and O–H groups in total. The third-order valence-electron chi connectivity index (χ3n) is 6.44. The number of aromatic amines is 1. The van der Waals surface area contributed by atoms with Crippen molar-refractivity contribution in [3.63, 3.8) is 0 Å². The number of hydrogen-bond acceptors (Lipinski definition) is 1. The van der Waals surface area contributed by atoms with Crippen LogP contribution >= 0.6 is 0 Å². The van der Waals surface area contributed by atoms with Gasteiger partial charge in [-0.3, -0.25) is 4.90 Å². The number of hydrogen-bond donors (Lipinski definition) is 1. The largest absolute Gasteiger partial charge is 0.361 e. The minimum absolute atomic E-state index is 0.489. The van der Waals surface area contributed by atoms with E-state index in [2.05, 4.69) is 77.6 Å². The van der Waals surface area contributed by atoms with E-state index < -0.39 is 0 Å². The lowest BCUT2D eigenvalue weighted by molar-refractivity contribution is 0.191. The zero-order chi connectivity index (χ0) is 16.1. The van der Waals surface area contributed by atoms with Crippen LogP contribution in [0.1, 0.15) is 36.4 Å². The number of nitrogens with zero attached hydrogens (tertiary/aromatic N) is 1. The Morgan fingerprint density at radius 3 is 2.67 bits per heavy atom. The van der Waals surface area contributed by atoms with Crippen molar-refractivity contribution in [1.29, 1.82) is 0 Å². The fourth-order valence-corrected chi connectivity index (χ4v) is 4.98. The molecule has 4 atom stereocenters. The Morgan fingerprint density at radius 2 is 1.79 bits per heavy atom. The first-order valence-electron chi connectivity index (χ1n) is 9.16. The van der Waals surface area contributed by atoms with Crippen molar-refractivity contribution in [3.8, 4) is 0 Å². The lowest BCUT2D eigenvalue weighted by Crippen LogP contribution is -2.33. The van der Waals surface area contributed by atoms with E-state index in [-0.39, 0.29) is 0 Å². The fraction of sp³-hybridized carbons (Fsp3) is 0.364. The monoisotopic (exact) mass is 316 g/mol.